The number of aromatic hydroxyl groups is 1. The Hall–Kier alpha value is -1.94. The molecule has 0 aliphatic rings. The molecule has 0 aliphatic carbocycles. The van der Waals surface area contributed by atoms with Crippen molar-refractivity contribution in [2.45, 2.75) is 10.6 Å². The van der Waals surface area contributed by atoms with Gasteiger partial charge in [-0.1, -0.05) is 24.3 Å². The minimum atomic E-state index is -0.915. The molecule has 92 valence electrons. The second kappa shape index (κ2) is 5.60. The molecule has 18 heavy (non-hydrogen) atoms. The van der Waals surface area contributed by atoms with Gasteiger partial charge in [0.2, 0.25) is 0 Å². The van der Waals surface area contributed by atoms with Gasteiger partial charge in [0.15, 0.2) is 0 Å². The Bertz CT molecular complexity index is 566. The minimum absolute atomic E-state index is 0.214. The van der Waals surface area contributed by atoms with Crippen LogP contribution in [-0.4, -0.2) is 16.2 Å². The molecule has 0 spiro atoms. The Kier molecular flexibility index (Phi) is 3.89. The topological polar surface area (TPSA) is 57.5 Å². The van der Waals surface area contributed by atoms with Crippen molar-refractivity contribution in [3.8, 4) is 5.75 Å². The van der Waals surface area contributed by atoms with E-state index < -0.39 is 5.97 Å². The van der Waals surface area contributed by atoms with Crippen LogP contribution in [-0.2, 0) is 5.75 Å². The average Bonchev–Trinajstić information content (AvgIpc) is 2.37. The summed E-state index contributed by atoms with van der Waals surface area (Å²) in [4.78, 5) is 12.0. The van der Waals surface area contributed by atoms with Crippen molar-refractivity contribution >= 4 is 17.7 Å². The number of phenolic OH excluding ortho intramolecular Hbond substituents is 1. The average molecular weight is 260 g/mol. The van der Waals surface area contributed by atoms with Crippen molar-refractivity contribution in [1.82, 2.24) is 0 Å². The second-order valence-corrected chi connectivity index (χ2v) is 4.80. The van der Waals surface area contributed by atoms with Crippen LogP contribution in [0.2, 0.25) is 0 Å². The van der Waals surface area contributed by atoms with Gasteiger partial charge in [-0.15, -0.1) is 11.8 Å². The molecular weight excluding hydrogens is 248 g/mol. The molecule has 0 saturated carbocycles. The molecule has 0 unspecified atom stereocenters. The first-order valence-corrected chi connectivity index (χ1v) is 6.38. The van der Waals surface area contributed by atoms with Crippen LogP contribution in [0, 0.1) is 0 Å². The number of hydrogen-bond acceptors (Lipinski definition) is 3. The number of carbonyl (C=O) groups is 1. The van der Waals surface area contributed by atoms with E-state index >= 15 is 0 Å². The minimum Gasteiger partial charge on any atom is -0.508 e. The molecule has 0 heterocycles. The van der Waals surface area contributed by atoms with Crippen molar-refractivity contribution in [2.75, 3.05) is 0 Å². The fourth-order valence-electron chi connectivity index (χ4n) is 1.59. The maximum absolute atomic E-state index is 11.0. The zero-order valence-electron chi connectivity index (χ0n) is 9.54. The van der Waals surface area contributed by atoms with Gasteiger partial charge in [-0.25, -0.2) is 4.79 Å². The Morgan fingerprint density at radius 3 is 2.61 bits per heavy atom. The molecule has 3 nitrogen and oxygen atoms in total. The lowest BCUT2D eigenvalue weighted by atomic mass is 10.1. The summed E-state index contributed by atoms with van der Waals surface area (Å²) in [6.45, 7) is 0. The highest BCUT2D eigenvalue weighted by Gasteiger charge is 2.08. The van der Waals surface area contributed by atoms with Crippen molar-refractivity contribution in [2.24, 2.45) is 0 Å². The van der Waals surface area contributed by atoms with E-state index in [9.17, 15) is 9.90 Å². The number of hydrogen-bond donors (Lipinski definition) is 2. The van der Waals surface area contributed by atoms with Gasteiger partial charge < -0.3 is 10.2 Å². The van der Waals surface area contributed by atoms with Gasteiger partial charge >= 0.3 is 5.97 Å². The highest BCUT2D eigenvalue weighted by atomic mass is 32.2. The molecule has 0 aliphatic heterocycles. The molecular formula is C14H12O3S. The van der Waals surface area contributed by atoms with Crippen molar-refractivity contribution in [3.63, 3.8) is 0 Å². The summed E-state index contributed by atoms with van der Waals surface area (Å²) in [5, 5.41) is 18.4. The lowest BCUT2D eigenvalue weighted by molar-refractivity contribution is 0.0696. The smallest absolute Gasteiger partial charge is 0.335 e. The van der Waals surface area contributed by atoms with Gasteiger partial charge in [-0.3, -0.25) is 0 Å². The van der Waals surface area contributed by atoms with Crippen LogP contribution in [0.3, 0.4) is 0 Å². The molecule has 0 atom stereocenters. The maximum Gasteiger partial charge on any atom is 0.335 e. The summed E-state index contributed by atoms with van der Waals surface area (Å²) in [6.07, 6.45) is 0. The van der Waals surface area contributed by atoms with Crippen LogP contribution in [0.15, 0.2) is 53.4 Å². The zero-order chi connectivity index (χ0) is 13.0. The number of phenols is 1. The Balaban J connectivity index is 2.13. The summed E-state index contributed by atoms with van der Waals surface area (Å²) in [5.41, 5.74) is 1.10. The Labute approximate surface area is 109 Å². The van der Waals surface area contributed by atoms with Crippen LogP contribution in [0.4, 0.5) is 0 Å². The lowest BCUT2D eigenvalue weighted by Crippen LogP contribution is -2.00. The Morgan fingerprint density at radius 2 is 1.89 bits per heavy atom. The summed E-state index contributed by atoms with van der Waals surface area (Å²) in [5.74, 6) is -0.139. The molecule has 2 N–H and O–H groups in total. The third kappa shape index (κ3) is 3.05. The van der Waals surface area contributed by atoms with E-state index in [1.807, 2.05) is 12.1 Å². The standard InChI is InChI=1S/C14H12O3S/c15-11-5-3-6-12(8-11)18-9-10-4-1-2-7-13(10)14(16)17/h1-8,15H,9H2,(H,16,17). The normalized spacial score (nSPS) is 10.2. The number of carboxylic acid groups (broad SMARTS) is 1. The van der Waals surface area contributed by atoms with Crippen LogP contribution in [0.5, 0.6) is 5.75 Å². The van der Waals surface area contributed by atoms with Gasteiger partial charge in [0.05, 0.1) is 5.56 Å². The summed E-state index contributed by atoms with van der Waals surface area (Å²) < 4.78 is 0. The fourth-order valence-corrected chi connectivity index (χ4v) is 2.54. The van der Waals surface area contributed by atoms with E-state index in [-0.39, 0.29) is 5.75 Å². The van der Waals surface area contributed by atoms with Gasteiger partial charge in [0.1, 0.15) is 5.75 Å². The van der Waals surface area contributed by atoms with E-state index in [1.54, 1.807) is 36.4 Å². The highest BCUT2D eigenvalue weighted by molar-refractivity contribution is 7.98. The molecule has 4 heteroatoms. The summed E-state index contributed by atoms with van der Waals surface area (Å²) in [6, 6.07) is 13.9. The van der Waals surface area contributed by atoms with E-state index in [1.165, 1.54) is 11.8 Å². The van der Waals surface area contributed by atoms with Gasteiger partial charge in [0.25, 0.3) is 0 Å². The van der Waals surface area contributed by atoms with Crippen molar-refractivity contribution in [1.29, 1.82) is 0 Å². The molecule has 0 aromatic heterocycles. The van der Waals surface area contributed by atoms with E-state index in [2.05, 4.69) is 0 Å². The van der Waals surface area contributed by atoms with E-state index in [0.29, 0.717) is 11.3 Å². The van der Waals surface area contributed by atoms with Gasteiger partial charge in [0, 0.05) is 10.6 Å². The van der Waals surface area contributed by atoms with Crippen LogP contribution in [0.1, 0.15) is 15.9 Å². The number of aromatic carboxylic acids is 1. The number of carboxylic acids is 1. The predicted octanol–water partition coefficient (Wildman–Crippen LogP) is 3.38. The molecule has 2 rings (SSSR count). The molecule has 2 aromatic carbocycles. The van der Waals surface area contributed by atoms with Gasteiger partial charge in [-0.05, 0) is 29.8 Å². The second-order valence-electron chi connectivity index (χ2n) is 3.75. The predicted molar refractivity (Wildman–Crippen MR) is 71.1 cm³/mol. The van der Waals surface area contributed by atoms with Crippen molar-refractivity contribution < 1.29 is 15.0 Å². The third-order valence-corrected chi connectivity index (χ3v) is 3.50. The fraction of sp³-hybridized carbons (Fsp3) is 0.0714. The van der Waals surface area contributed by atoms with Gasteiger partial charge in [-0.2, -0.15) is 0 Å². The first-order chi connectivity index (χ1) is 8.66. The van der Waals surface area contributed by atoms with Crippen molar-refractivity contribution in [3.05, 3.63) is 59.7 Å². The third-order valence-electron chi connectivity index (χ3n) is 2.46. The summed E-state index contributed by atoms with van der Waals surface area (Å²) in [7, 11) is 0. The number of thioether (sulfide) groups is 1. The number of rotatable bonds is 4. The molecule has 0 saturated heterocycles. The largest absolute Gasteiger partial charge is 0.508 e. The SMILES string of the molecule is O=C(O)c1ccccc1CSc1cccc(O)c1. The highest BCUT2D eigenvalue weighted by Crippen LogP contribution is 2.26. The van der Waals surface area contributed by atoms with E-state index in [0.717, 1.165) is 10.5 Å². The first kappa shape index (κ1) is 12.5. The lowest BCUT2D eigenvalue weighted by Gasteiger charge is -2.06. The van der Waals surface area contributed by atoms with Crippen LogP contribution < -0.4 is 0 Å². The van der Waals surface area contributed by atoms with Crippen LogP contribution in [0.25, 0.3) is 0 Å². The summed E-state index contributed by atoms with van der Waals surface area (Å²) >= 11 is 1.50. The molecule has 0 radical (unpaired) electrons. The van der Waals surface area contributed by atoms with E-state index in [4.69, 9.17) is 5.11 Å². The monoisotopic (exact) mass is 260 g/mol. The molecule has 0 amide bonds. The maximum atomic E-state index is 11.0. The molecule has 0 bridgehead atoms. The number of benzene rings is 2. The quantitative estimate of drug-likeness (QED) is 0.827. The first-order valence-electron chi connectivity index (χ1n) is 5.40. The zero-order valence-corrected chi connectivity index (χ0v) is 10.4. The van der Waals surface area contributed by atoms with Crippen LogP contribution >= 0.6 is 11.8 Å². The molecule has 2 aromatic rings. The Morgan fingerprint density at radius 1 is 1.11 bits per heavy atom. The molecule has 0 fully saturated rings.